The van der Waals surface area contributed by atoms with E-state index in [1.165, 1.54) is 22.4 Å². The van der Waals surface area contributed by atoms with E-state index in [4.69, 9.17) is 0 Å². The van der Waals surface area contributed by atoms with Crippen molar-refractivity contribution in [3.63, 3.8) is 0 Å². The summed E-state index contributed by atoms with van der Waals surface area (Å²) in [4.78, 5) is 2.28. The van der Waals surface area contributed by atoms with E-state index >= 15 is 0 Å². The number of fused-ring (bicyclic) bond motifs is 1. The summed E-state index contributed by atoms with van der Waals surface area (Å²) >= 11 is 0. The highest BCUT2D eigenvalue weighted by molar-refractivity contribution is 5.57. The molecular formula is C19H23N. The van der Waals surface area contributed by atoms with E-state index in [0.29, 0.717) is 5.92 Å². The van der Waals surface area contributed by atoms with Crippen LogP contribution in [0.4, 0.5) is 0 Å². The molecule has 1 unspecified atom stereocenters. The van der Waals surface area contributed by atoms with Crippen LogP contribution in [0.15, 0.2) is 65.4 Å². The Balaban J connectivity index is 2.11. The van der Waals surface area contributed by atoms with Crippen molar-refractivity contribution in [1.29, 1.82) is 0 Å². The van der Waals surface area contributed by atoms with E-state index in [-0.39, 0.29) is 5.41 Å². The first-order valence-electron chi connectivity index (χ1n) is 7.36. The molecule has 104 valence electrons. The number of rotatable bonds is 2. The molecule has 0 radical (unpaired) electrons. The smallest absolute Gasteiger partial charge is 0.0210 e. The minimum atomic E-state index is 0.180. The quantitative estimate of drug-likeness (QED) is 0.760. The van der Waals surface area contributed by atoms with Gasteiger partial charge in [0.2, 0.25) is 0 Å². The third-order valence-electron chi connectivity index (χ3n) is 4.83. The summed E-state index contributed by atoms with van der Waals surface area (Å²) in [6.07, 6.45) is 7.88. The predicted octanol–water partition coefficient (Wildman–Crippen LogP) is 4.51. The lowest BCUT2D eigenvalue weighted by atomic mass is 9.63. The van der Waals surface area contributed by atoms with Gasteiger partial charge in [-0.2, -0.15) is 0 Å². The van der Waals surface area contributed by atoms with Gasteiger partial charge in [0.15, 0.2) is 0 Å². The predicted molar refractivity (Wildman–Crippen MR) is 85.5 cm³/mol. The Labute approximate surface area is 122 Å². The van der Waals surface area contributed by atoms with Crippen LogP contribution >= 0.6 is 0 Å². The van der Waals surface area contributed by atoms with E-state index in [1.807, 2.05) is 0 Å². The van der Waals surface area contributed by atoms with Gasteiger partial charge in [-0.25, -0.2) is 0 Å². The summed E-state index contributed by atoms with van der Waals surface area (Å²) < 4.78 is 0. The zero-order valence-electron chi connectivity index (χ0n) is 12.9. The Kier molecular flexibility index (Phi) is 3.08. The van der Waals surface area contributed by atoms with Crippen molar-refractivity contribution in [1.82, 2.24) is 4.90 Å². The lowest BCUT2D eigenvalue weighted by Crippen LogP contribution is -2.32. The van der Waals surface area contributed by atoms with Crippen LogP contribution in [0.25, 0.3) is 0 Å². The van der Waals surface area contributed by atoms with Crippen molar-refractivity contribution in [3.8, 4) is 0 Å². The summed E-state index contributed by atoms with van der Waals surface area (Å²) in [6, 6.07) is 11.0. The third kappa shape index (κ3) is 1.93. The van der Waals surface area contributed by atoms with E-state index < -0.39 is 0 Å². The number of benzene rings is 1. The van der Waals surface area contributed by atoms with Gasteiger partial charge >= 0.3 is 0 Å². The van der Waals surface area contributed by atoms with Gasteiger partial charge in [-0.1, -0.05) is 62.4 Å². The van der Waals surface area contributed by atoms with E-state index in [1.54, 1.807) is 0 Å². The van der Waals surface area contributed by atoms with Crippen molar-refractivity contribution in [3.05, 3.63) is 71.0 Å². The van der Waals surface area contributed by atoms with Crippen LogP contribution in [0.5, 0.6) is 0 Å². The van der Waals surface area contributed by atoms with Crippen LogP contribution in [-0.2, 0) is 0 Å². The maximum atomic E-state index is 2.38. The third-order valence-corrected chi connectivity index (χ3v) is 4.83. The van der Waals surface area contributed by atoms with Crippen LogP contribution in [0, 0.1) is 5.41 Å². The molecule has 2 aliphatic carbocycles. The van der Waals surface area contributed by atoms with E-state index in [2.05, 4.69) is 81.4 Å². The highest BCUT2D eigenvalue weighted by Gasteiger charge is 2.41. The monoisotopic (exact) mass is 265 g/mol. The number of hydrogen-bond donors (Lipinski definition) is 0. The Morgan fingerprint density at radius 2 is 1.80 bits per heavy atom. The molecule has 0 aromatic heterocycles. The average Bonchev–Trinajstić information content (AvgIpc) is 2.90. The fraction of sp³-hybridized carbons (Fsp3) is 0.368. The Morgan fingerprint density at radius 1 is 1.10 bits per heavy atom. The van der Waals surface area contributed by atoms with Crippen molar-refractivity contribution in [2.24, 2.45) is 5.41 Å². The molecule has 0 aliphatic heterocycles. The van der Waals surface area contributed by atoms with Gasteiger partial charge in [0.1, 0.15) is 0 Å². The number of allylic oxidation sites excluding steroid dienone is 6. The molecule has 0 bridgehead atoms. The van der Waals surface area contributed by atoms with Gasteiger partial charge < -0.3 is 4.90 Å². The van der Waals surface area contributed by atoms with Gasteiger partial charge in [0, 0.05) is 19.8 Å². The zero-order valence-corrected chi connectivity index (χ0v) is 12.9. The van der Waals surface area contributed by atoms with Crippen molar-refractivity contribution < 1.29 is 0 Å². The van der Waals surface area contributed by atoms with Gasteiger partial charge in [-0.15, -0.1) is 0 Å². The normalized spacial score (nSPS) is 23.6. The van der Waals surface area contributed by atoms with Crippen LogP contribution in [-0.4, -0.2) is 19.0 Å². The second-order valence-electron chi connectivity index (χ2n) is 6.58. The molecule has 0 saturated carbocycles. The molecule has 0 spiro atoms. The Morgan fingerprint density at radius 3 is 2.45 bits per heavy atom. The summed E-state index contributed by atoms with van der Waals surface area (Å²) in [7, 11) is 4.32. The first-order valence-corrected chi connectivity index (χ1v) is 7.36. The highest BCUT2D eigenvalue weighted by Crippen LogP contribution is 2.53. The minimum Gasteiger partial charge on any atom is -0.380 e. The summed E-state index contributed by atoms with van der Waals surface area (Å²) in [5.41, 5.74) is 6.01. The first-order chi connectivity index (χ1) is 9.51. The van der Waals surface area contributed by atoms with Crippen LogP contribution in [0.1, 0.15) is 31.7 Å². The summed E-state index contributed by atoms with van der Waals surface area (Å²) in [6.45, 7) is 4.77. The fourth-order valence-corrected chi connectivity index (χ4v) is 3.62. The molecule has 1 aromatic carbocycles. The standard InChI is InChI=1S/C19H23N/c1-19(2)16-12-8-11-15(16)18(20(3)4)13-17(19)14-9-6-5-7-10-14/h5-12,17H,13H2,1-4H3. The Bertz CT molecular complexity index is 600. The maximum Gasteiger partial charge on any atom is 0.0210 e. The molecule has 1 atom stereocenters. The lowest BCUT2D eigenvalue weighted by molar-refractivity contribution is 0.307. The first kappa shape index (κ1) is 13.2. The van der Waals surface area contributed by atoms with Crippen molar-refractivity contribution in [2.75, 3.05) is 14.1 Å². The summed E-state index contributed by atoms with van der Waals surface area (Å²) in [5, 5.41) is 0. The highest BCUT2D eigenvalue weighted by atomic mass is 15.1. The molecule has 0 heterocycles. The SMILES string of the molecule is CN(C)C1=C2C=CC=C2C(C)(C)C(c2ccccc2)C1. The van der Waals surface area contributed by atoms with Gasteiger partial charge in [0.25, 0.3) is 0 Å². The topological polar surface area (TPSA) is 3.24 Å². The molecule has 3 rings (SSSR count). The molecule has 0 N–H and O–H groups in total. The van der Waals surface area contributed by atoms with Gasteiger partial charge in [-0.05, 0) is 34.5 Å². The van der Waals surface area contributed by atoms with E-state index in [9.17, 15) is 0 Å². The van der Waals surface area contributed by atoms with Crippen molar-refractivity contribution >= 4 is 0 Å². The minimum absolute atomic E-state index is 0.180. The zero-order chi connectivity index (χ0) is 14.3. The number of nitrogens with zero attached hydrogens (tertiary/aromatic N) is 1. The largest absolute Gasteiger partial charge is 0.380 e. The fourth-order valence-electron chi connectivity index (χ4n) is 3.62. The molecule has 1 nitrogen and oxygen atoms in total. The van der Waals surface area contributed by atoms with Gasteiger partial charge in [-0.3, -0.25) is 0 Å². The average molecular weight is 265 g/mol. The molecule has 1 aromatic rings. The van der Waals surface area contributed by atoms with Crippen molar-refractivity contribution in [2.45, 2.75) is 26.2 Å². The maximum absolute atomic E-state index is 2.38. The van der Waals surface area contributed by atoms with Gasteiger partial charge in [0.05, 0.1) is 0 Å². The van der Waals surface area contributed by atoms with E-state index in [0.717, 1.165) is 6.42 Å². The molecular weight excluding hydrogens is 242 g/mol. The number of hydrogen-bond acceptors (Lipinski definition) is 1. The molecule has 1 heteroatoms. The van der Waals surface area contributed by atoms with Crippen LogP contribution < -0.4 is 0 Å². The Hall–Kier alpha value is -1.76. The molecule has 2 aliphatic rings. The summed E-state index contributed by atoms with van der Waals surface area (Å²) in [5.74, 6) is 0.538. The second kappa shape index (κ2) is 4.66. The molecule has 0 amide bonds. The molecule has 20 heavy (non-hydrogen) atoms. The van der Waals surface area contributed by atoms with Crippen LogP contribution in [0.3, 0.4) is 0 Å². The molecule has 0 fully saturated rings. The molecule has 0 saturated heterocycles. The second-order valence-corrected chi connectivity index (χ2v) is 6.58. The van der Waals surface area contributed by atoms with Crippen LogP contribution in [0.2, 0.25) is 0 Å². The lowest BCUT2D eigenvalue weighted by Gasteiger charge is -2.43.